The van der Waals surface area contributed by atoms with Gasteiger partial charge in [-0.2, -0.15) is 0 Å². The van der Waals surface area contributed by atoms with Crippen molar-refractivity contribution in [2.45, 2.75) is 19.8 Å². The molecule has 1 heterocycles. The van der Waals surface area contributed by atoms with Crippen molar-refractivity contribution in [3.63, 3.8) is 0 Å². The van der Waals surface area contributed by atoms with Gasteiger partial charge in [-0.05, 0) is 13.0 Å². The summed E-state index contributed by atoms with van der Waals surface area (Å²) in [4.78, 5) is 19.3. The van der Waals surface area contributed by atoms with Crippen LogP contribution in [0.3, 0.4) is 0 Å². The summed E-state index contributed by atoms with van der Waals surface area (Å²) >= 11 is 0. The first-order valence-corrected chi connectivity index (χ1v) is 5.64. The van der Waals surface area contributed by atoms with Gasteiger partial charge in [-0.3, -0.25) is 4.79 Å². The van der Waals surface area contributed by atoms with E-state index in [4.69, 9.17) is 9.84 Å². The molecule has 2 aromatic rings. The number of ether oxygens (including phenoxy) is 1. The van der Waals surface area contributed by atoms with Crippen molar-refractivity contribution in [2.24, 2.45) is 0 Å². The number of hydrogen-bond acceptors (Lipinski definition) is 4. The smallest absolute Gasteiger partial charge is 0.303 e. The highest BCUT2D eigenvalue weighted by atomic mass is 16.5. The Hall–Kier alpha value is -2.17. The third-order valence-corrected chi connectivity index (χ3v) is 2.68. The van der Waals surface area contributed by atoms with Crippen molar-refractivity contribution >= 4 is 16.9 Å². The van der Waals surface area contributed by atoms with E-state index >= 15 is 0 Å². The molecule has 18 heavy (non-hydrogen) atoms. The molecule has 5 nitrogen and oxygen atoms in total. The summed E-state index contributed by atoms with van der Waals surface area (Å²) in [6.45, 7) is 1.79. The minimum absolute atomic E-state index is 0.0583. The summed E-state index contributed by atoms with van der Waals surface area (Å²) in [5, 5.41) is 9.60. The van der Waals surface area contributed by atoms with Crippen molar-refractivity contribution in [3.8, 4) is 5.75 Å². The zero-order valence-electron chi connectivity index (χ0n) is 10.3. The average molecular weight is 246 g/mol. The SMILES string of the molecule is COc1cccc2c(CCC(=O)O)nc(C)nc12. The molecule has 0 amide bonds. The maximum Gasteiger partial charge on any atom is 0.303 e. The van der Waals surface area contributed by atoms with Crippen molar-refractivity contribution < 1.29 is 14.6 Å². The van der Waals surface area contributed by atoms with Gasteiger partial charge in [0, 0.05) is 11.8 Å². The van der Waals surface area contributed by atoms with Gasteiger partial charge in [0.2, 0.25) is 0 Å². The minimum atomic E-state index is -0.831. The largest absolute Gasteiger partial charge is 0.494 e. The quantitative estimate of drug-likeness (QED) is 0.892. The molecule has 1 aromatic heterocycles. The van der Waals surface area contributed by atoms with Crippen LogP contribution in [0.4, 0.5) is 0 Å². The van der Waals surface area contributed by atoms with Gasteiger partial charge in [0.05, 0.1) is 19.2 Å². The second kappa shape index (κ2) is 5.00. The van der Waals surface area contributed by atoms with Crippen LogP contribution in [0.1, 0.15) is 17.9 Å². The van der Waals surface area contributed by atoms with Crippen LogP contribution in [-0.2, 0) is 11.2 Å². The highest BCUT2D eigenvalue weighted by Gasteiger charge is 2.10. The molecule has 0 saturated heterocycles. The monoisotopic (exact) mass is 246 g/mol. The lowest BCUT2D eigenvalue weighted by molar-refractivity contribution is -0.136. The molecule has 0 unspecified atom stereocenters. The van der Waals surface area contributed by atoms with E-state index in [0.29, 0.717) is 18.0 Å². The van der Waals surface area contributed by atoms with Crippen LogP contribution in [-0.4, -0.2) is 28.2 Å². The number of aliphatic carboxylic acids is 1. The van der Waals surface area contributed by atoms with E-state index in [1.54, 1.807) is 14.0 Å². The summed E-state index contributed by atoms with van der Waals surface area (Å²) in [6, 6.07) is 5.56. The fourth-order valence-corrected chi connectivity index (χ4v) is 1.89. The normalized spacial score (nSPS) is 10.6. The molecule has 0 radical (unpaired) electrons. The third-order valence-electron chi connectivity index (χ3n) is 2.68. The summed E-state index contributed by atoms with van der Waals surface area (Å²) < 4.78 is 5.26. The highest BCUT2D eigenvalue weighted by molar-refractivity contribution is 5.86. The molecule has 0 spiro atoms. The number of carboxylic acid groups (broad SMARTS) is 1. The molecule has 0 bridgehead atoms. The van der Waals surface area contributed by atoms with Crippen LogP contribution < -0.4 is 4.74 Å². The Bertz CT molecular complexity index is 596. The van der Waals surface area contributed by atoms with Crippen molar-refractivity contribution in [2.75, 3.05) is 7.11 Å². The standard InChI is InChI=1S/C13H14N2O3/c1-8-14-10(6-7-12(16)17)9-4-3-5-11(18-2)13(9)15-8/h3-5H,6-7H2,1-2H3,(H,16,17). The second-order valence-electron chi connectivity index (χ2n) is 3.97. The Balaban J connectivity index is 2.55. The number of carboxylic acids is 1. The zero-order chi connectivity index (χ0) is 13.1. The number of methoxy groups -OCH3 is 1. The van der Waals surface area contributed by atoms with Crippen molar-refractivity contribution in [1.29, 1.82) is 0 Å². The summed E-state index contributed by atoms with van der Waals surface area (Å²) in [5.74, 6) is 0.462. The van der Waals surface area contributed by atoms with Gasteiger partial charge in [-0.15, -0.1) is 0 Å². The van der Waals surface area contributed by atoms with Gasteiger partial charge in [0.25, 0.3) is 0 Å². The molecular formula is C13H14N2O3. The van der Waals surface area contributed by atoms with E-state index in [-0.39, 0.29) is 6.42 Å². The number of aromatic nitrogens is 2. The molecule has 0 aliphatic heterocycles. The van der Waals surface area contributed by atoms with E-state index in [1.807, 2.05) is 18.2 Å². The maximum absolute atomic E-state index is 10.6. The number of nitrogens with zero attached hydrogens (tertiary/aromatic N) is 2. The van der Waals surface area contributed by atoms with Crippen LogP contribution in [0.5, 0.6) is 5.75 Å². The molecule has 0 aliphatic carbocycles. The molecule has 0 saturated carbocycles. The number of para-hydroxylation sites is 1. The topological polar surface area (TPSA) is 72.3 Å². The van der Waals surface area contributed by atoms with Crippen LogP contribution in [0.25, 0.3) is 10.9 Å². The van der Waals surface area contributed by atoms with Gasteiger partial charge in [-0.1, -0.05) is 12.1 Å². The van der Waals surface area contributed by atoms with Gasteiger partial charge in [-0.25, -0.2) is 9.97 Å². The van der Waals surface area contributed by atoms with Crippen LogP contribution in [0.15, 0.2) is 18.2 Å². The Labute approximate surface area is 104 Å². The van der Waals surface area contributed by atoms with E-state index < -0.39 is 5.97 Å². The lowest BCUT2D eigenvalue weighted by atomic mass is 10.1. The van der Waals surface area contributed by atoms with E-state index in [0.717, 1.165) is 16.6 Å². The second-order valence-corrected chi connectivity index (χ2v) is 3.97. The number of rotatable bonds is 4. The Kier molecular flexibility index (Phi) is 3.41. The number of aryl methyl sites for hydroxylation is 2. The predicted octanol–water partition coefficient (Wildman–Crippen LogP) is 1.96. The lowest BCUT2D eigenvalue weighted by Crippen LogP contribution is -2.03. The van der Waals surface area contributed by atoms with E-state index in [9.17, 15) is 4.79 Å². The van der Waals surface area contributed by atoms with Gasteiger partial charge >= 0.3 is 5.97 Å². The molecule has 5 heteroatoms. The summed E-state index contributed by atoms with van der Waals surface area (Å²) in [7, 11) is 1.59. The first-order valence-electron chi connectivity index (χ1n) is 5.64. The zero-order valence-corrected chi connectivity index (χ0v) is 10.3. The van der Waals surface area contributed by atoms with Crippen LogP contribution in [0.2, 0.25) is 0 Å². The number of fused-ring (bicyclic) bond motifs is 1. The van der Waals surface area contributed by atoms with E-state index in [1.165, 1.54) is 0 Å². The van der Waals surface area contributed by atoms with Crippen LogP contribution in [0, 0.1) is 6.92 Å². The van der Waals surface area contributed by atoms with Crippen LogP contribution >= 0.6 is 0 Å². The number of benzene rings is 1. The number of hydrogen-bond donors (Lipinski definition) is 1. The molecular weight excluding hydrogens is 232 g/mol. The number of carbonyl (C=O) groups is 1. The Morgan fingerprint density at radius 3 is 2.83 bits per heavy atom. The molecule has 94 valence electrons. The first kappa shape index (κ1) is 12.3. The van der Waals surface area contributed by atoms with E-state index in [2.05, 4.69) is 9.97 Å². The third kappa shape index (κ3) is 2.40. The molecule has 2 rings (SSSR count). The molecule has 0 aliphatic rings. The molecule has 0 fully saturated rings. The molecule has 1 N–H and O–H groups in total. The fraction of sp³-hybridized carbons (Fsp3) is 0.308. The van der Waals surface area contributed by atoms with Gasteiger partial charge < -0.3 is 9.84 Å². The van der Waals surface area contributed by atoms with Gasteiger partial charge in [0.15, 0.2) is 0 Å². The average Bonchev–Trinajstić information content (AvgIpc) is 2.35. The molecule has 1 aromatic carbocycles. The maximum atomic E-state index is 10.6. The van der Waals surface area contributed by atoms with Crippen molar-refractivity contribution in [1.82, 2.24) is 9.97 Å². The lowest BCUT2D eigenvalue weighted by Gasteiger charge is -2.09. The fourth-order valence-electron chi connectivity index (χ4n) is 1.89. The first-order chi connectivity index (χ1) is 8.61. The Morgan fingerprint density at radius 1 is 1.39 bits per heavy atom. The highest BCUT2D eigenvalue weighted by Crippen LogP contribution is 2.25. The minimum Gasteiger partial charge on any atom is -0.494 e. The van der Waals surface area contributed by atoms with Gasteiger partial charge in [0.1, 0.15) is 17.1 Å². The summed E-state index contributed by atoms with van der Waals surface area (Å²) in [6.07, 6.45) is 0.450. The Morgan fingerprint density at radius 2 is 2.17 bits per heavy atom. The van der Waals surface area contributed by atoms with Crippen molar-refractivity contribution in [3.05, 3.63) is 29.7 Å². The summed E-state index contributed by atoms with van der Waals surface area (Å²) in [5.41, 5.74) is 1.48. The molecule has 0 atom stereocenters. The predicted molar refractivity (Wildman–Crippen MR) is 66.8 cm³/mol.